The van der Waals surface area contributed by atoms with Gasteiger partial charge in [0, 0.05) is 6.07 Å². The summed E-state index contributed by atoms with van der Waals surface area (Å²) < 4.78 is 10.1. The molecule has 0 aliphatic heterocycles. The molecule has 0 aromatic heterocycles. The van der Waals surface area contributed by atoms with Crippen molar-refractivity contribution in [3.8, 4) is 23.8 Å². The van der Waals surface area contributed by atoms with Crippen LogP contribution in [0.15, 0.2) is 18.2 Å². The van der Waals surface area contributed by atoms with Gasteiger partial charge in [0.15, 0.2) is 0 Å². The van der Waals surface area contributed by atoms with Gasteiger partial charge in [0.05, 0.1) is 14.2 Å². The van der Waals surface area contributed by atoms with E-state index in [1.165, 1.54) is 0 Å². The molecule has 0 radical (unpaired) electrons. The van der Waals surface area contributed by atoms with Gasteiger partial charge in [-0.3, -0.25) is 0 Å². The molecular formula is C11H12O3. The lowest BCUT2D eigenvalue weighted by Gasteiger charge is -2.09. The highest BCUT2D eigenvalue weighted by atomic mass is 16.5. The molecule has 1 N–H and O–H groups in total. The van der Waals surface area contributed by atoms with E-state index in [2.05, 4.69) is 5.92 Å². The number of rotatable bonds is 3. The largest absolute Gasteiger partial charge is 0.497 e. The summed E-state index contributed by atoms with van der Waals surface area (Å²) in [5.41, 5.74) is 0.587. The molecule has 74 valence electrons. The van der Waals surface area contributed by atoms with Crippen LogP contribution in [0.4, 0.5) is 0 Å². The number of aliphatic hydroxyl groups excluding tert-OH is 1. The van der Waals surface area contributed by atoms with Crippen molar-refractivity contribution in [2.75, 3.05) is 14.2 Å². The van der Waals surface area contributed by atoms with E-state index in [4.69, 9.17) is 15.9 Å². The van der Waals surface area contributed by atoms with Gasteiger partial charge in [-0.15, -0.1) is 6.42 Å². The summed E-state index contributed by atoms with van der Waals surface area (Å²) in [7, 11) is 3.08. The lowest BCUT2D eigenvalue weighted by Crippen LogP contribution is -1.96. The molecule has 0 fully saturated rings. The summed E-state index contributed by atoms with van der Waals surface area (Å²) in [6.07, 6.45) is 4.17. The maximum absolute atomic E-state index is 9.42. The molecule has 3 nitrogen and oxygen atoms in total. The zero-order valence-corrected chi connectivity index (χ0v) is 8.15. The fraction of sp³-hybridized carbons (Fsp3) is 0.273. The Morgan fingerprint density at radius 2 is 1.71 bits per heavy atom. The van der Waals surface area contributed by atoms with Crippen molar-refractivity contribution < 1.29 is 14.6 Å². The minimum Gasteiger partial charge on any atom is -0.497 e. The summed E-state index contributed by atoms with van der Waals surface area (Å²) in [5.74, 6) is 3.44. The Hall–Kier alpha value is -1.66. The average Bonchev–Trinajstić information content (AvgIpc) is 2.27. The quantitative estimate of drug-likeness (QED) is 0.735. The van der Waals surface area contributed by atoms with E-state index >= 15 is 0 Å². The fourth-order valence-electron chi connectivity index (χ4n) is 1.08. The van der Waals surface area contributed by atoms with Crippen LogP contribution >= 0.6 is 0 Å². The molecule has 0 aliphatic carbocycles. The van der Waals surface area contributed by atoms with Crippen LogP contribution in [-0.4, -0.2) is 19.3 Å². The van der Waals surface area contributed by atoms with E-state index in [-0.39, 0.29) is 0 Å². The summed E-state index contributed by atoms with van der Waals surface area (Å²) in [4.78, 5) is 0. The standard InChI is InChI=1S/C11H12O3/c1-4-11(12)8-5-9(13-2)7-10(6-8)14-3/h1,5-7,11-12H,2-3H3. The van der Waals surface area contributed by atoms with E-state index < -0.39 is 6.10 Å². The smallest absolute Gasteiger partial charge is 0.140 e. The van der Waals surface area contributed by atoms with Gasteiger partial charge in [-0.25, -0.2) is 0 Å². The van der Waals surface area contributed by atoms with Crippen molar-refractivity contribution in [2.45, 2.75) is 6.10 Å². The monoisotopic (exact) mass is 192 g/mol. The summed E-state index contributed by atoms with van der Waals surface area (Å²) in [6.45, 7) is 0. The highest BCUT2D eigenvalue weighted by Gasteiger charge is 2.07. The third kappa shape index (κ3) is 2.18. The second-order valence-electron chi connectivity index (χ2n) is 2.72. The lowest BCUT2D eigenvalue weighted by atomic mass is 10.1. The molecule has 3 heteroatoms. The van der Waals surface area contributed by atoms with Gasteiger partial charge >= 0.3 is 0 Å². The highest BCUT2D eigenvalue weighted by molar-refractivity contribution is 5.40. The Bertz CT molecular complexity index is 330. The van der Waals surface area contributed by atoms with Gasteiger partial charge in [-0.2, -0.15) is 0 Å². The predicted octanol–water partition coefficient (Wildman–Crippen LogP) is 1.37. The van der Waals surface area contributed by atoms with Gasteiger partial charge in [-0.1, -0.05) is 5.92 Å². The normalized spacial score (nSPS) is 11.6. The molecule has 0 amide bonds. The van der Waals surface area contributed by atoms with Crippen LogP contribution in [0.3, 0.4) is 0 Å². The van der Waals surface area contributed by atoms with Gasteiger partial charge < -0.3 is 14.6 Å². The Kier molecular flexibility index (Phi) is 3.38. The molecule has 1 rings (SSSR count). The first-order valence-electron chi connectivity index (χ1n) is 4.08. The number of aliphatic hydroxyl groups is 1. The molecule has 14 heavy (non-hydrogen) atoms. The molecule has 1 atom stereocenters. The fourth-order valence-corrected chi connectivity index (χ4v) is 1.08. The highest BCUT2D eigenvalue weighted by Crippen LogP contribution is 2.25. The van der Waals surface area contributed by atoms with E-state index in [9.17, 15) is 5.11 Å². The molecule has 1 aromatic carbocycles. The Balaban J connectivity index is 3.12. The zero-order valence-electron chi connectivity index (χ0n) is 8.15. The number of terminal acetylenes is 1. The van der Waals surface area contributed by atoms with Crippen molar-refractivity contribution in [3.63, 3.8) is 0 Å². The first-order chi connectivity index (χ1) is 6.71. The van der Waals surface area contributed by atoms with Crippen LogP contribution in [0.2, 0.25) is 0 Å². The molecule has 0 saturated heterocycles. The van der Waals surface area contributed by atoms with Crippen LogP contribution in [0.5, 0.6) is 11.5 Å². The Morgan fingerprint density at radius 1 is 1.21 bits per heavy atom. The van der Waals surface area contributed by atoms with Gasteiger partial charge in [0.25, 0.3) is 0 Å². The van der Waals surface area contributed by atoms with Crippen molar-refractivity contribution in [2.24, 2.45) is 0 Å². The van der Waals surface area contributed by atoms with Gasteiger partial charge in [-0.05, 0) is 17.7 Å². The number of hydrogen-bond donors (Lipinski definition) is 1. The van der Waals surface area contributed by atoms with Gasteiger partial charge in [0.2, 0.25) is 0 Å². The van der Waals surface area contributed by atoms with E-state index in [1.807, 2.05) is 0 Å². The zero-order chi connectivity index (χ0) is 10.6. The molecule has 0 spiro atoms. The molecule has 0 bridgehead atoms. The minimum absolute atomic E-state index is 0.587. The van der Waals surface area contributed by atoms with Crippen LogP contribution in [-0.2, 0) is 0 Å². The SMILES string of the molecule is C#CC(O)c1cc(OC)cc(OC)c1. The number of ether oxygens (including phenoxy) is 2. The van der Waals surface area contributed by atoms with Crippen LogP contribution in [0.25, 0.3) is 0 Å². The lowest BCUT2D eigenvalue weighted by molar-refractivity contribution is 0.237. The first-order valence-corrected chi connectivity index (χ1v) is 4.08. The summed E-state index contributed by atoms with van der Waals surface area (Å²) >= 11 is 0. The molecule has 0 aliphatic rings. The molecular weight excluding hydrogens is 180 g/mol. The van der Waals surface area contributed by atoms with Crippen LogP contribution in [0.1, 0.15) is 11.7 Å². The average molecular weight is 192 g/mol. The van der Waals surface area contributed by atoms with E-state index in [1.54, 1.807) is 32.4 Å². The number of hydrogen-bond acceptors (Lipinski definition) is 3. The number of methoxy groups -OCH3 is 2. The molecule has 0 heterocycles. The van der Waals surface area contributed by atoms with Crippen LogP contribution in [0, 0.1) is 12.3 Å². The number of benzene rings is 1. The predicted molar refractivity (Wildman–Crippen MR) is 53.3 cm³/mol. The first kappa shape index (κ1) is 10.4. The minimum atomic E-state index is -0.931. The summed E-state index contributed by atoms with van der Waals surface area (Å²) in [5, 5.41) is 9.42. The van der Waals surface area contributed by atoms with Crippen molar-refractivity contribution in [1.29, 1.82) is 0 Å². The van der Waals surface area contributed by atoms with Crippen molar-refractivity contribution >= 4 is 0 Å². The summed E-state index contributed by atoms with van der Waals surface area (Å²) in [6, 6.07) is 5.06. The maximum Gasteiger partial charge on any atom is 0.140 e. The van der Waals surface area contributed by atoms with Crippen molar-refractivity contribution in [1.82, 2.24) is 0 Å². The third-order valence-corrected chi connectivity index (χ3v) is 1.85. The third-order valence-electron chi connectivity index (χ3n) is 1.85. The van der Waals surface area contributed by atoms with E-state index in [0.717, 1.165) is 0 Å². The second-order valence-corrected chi connectivity index (χ2v) is 2.72. The Morgan fingerprint density at radius 3 is 2.07 bits per heavy atom. The van der Waals surface area contributed by atoms with Gasteiger partial charge in [0.1, 0.15) is 17.6 Å². The molecule has 0 saturated carbocycles. The van der Waals surface area contributed by atoms with Crippen LogP contribution < -0.4 is 9.47 Å². The molecule has 1 aromatic rings. The van der Waals surface area contributed by atoms with Crippen molar-refractivity contribution in [3.05, 3.63) is 23.8 Å². The van der Waals surface area contributed by atoms with E-state index in [0.29, 0.717) is 17.1 Å². The Labute approximate surface area is 83.3 Å². The second kappa shape index (κ2) is 4.54. The maximum atomic E-state index is 9.42. The topological polar surface area (TPSA) is 38.7 Å². The molecule has 1 unspecified atom stereocenters.